The Morgan fingerprint density at radius 2 is 1.91 bits per heavy atom. The molecule has 0 saturated carbocycles. The maximum absolute atomic E-state index is 13.9. The molecule has 0 saturated heterocycles. The summed E-state index contributed by atoms with van der Waals surface area (Å²) in [5.41, 5.74) is 0.566. The average molecular weight is 318 g/mol. The van der Waals surface area contributed by atoms with E-state index >= 15 is 0 Å². The predicted octanol–water partition coefficient (Wildman–Crippen LogP) is 3.91. The van der Waals surface area contributed by atoms with Gasteiger partial charge in [0.25, 0.3) is 0 Å². The van der Waals surface area contributed by atoms with Crippen LogP contribution in [-0.2, 0) is 0 Å². The molecule has 1 heterocycles. The third kappa shape index (κ3) is 3.26. The minimum absolute atomic E-state index is 0.348. The highest BCUT2D eigenvalue weighted by atomic mass is 35.5. The summed E-state index contributed by atoms with van der Waals surface area (Å²) in [4.78, 5) is 8.14. The summed E-state index contributed by atoms with van der Waals surface area (Å²) in [6, 6.07) is 11.9. The van der Waals surface area contributed by atoms with Gasteiger partial charge >= 0.3 is 0 Å². The first-order chi connectivity index (χ1) is 10.7. The Labute approximate surface area is 131 Å². The highest BCUT2D eigenvalue weighted by Gasteiger charge is 2.07. The fraction of sp³-hybridized carbons (Fsp3) is 0.125. The van der Waals surface area contributed by atoms with E-state index in [0.29, 0.717) is 34.9 Å². The van der Waals surface area contributed by atoms with E-state index in [4.69, 9.17) is 16.3 Å². The van der Waals surface area contributed by atoms with Gasteiger partial charge in [0.2, 0.25) is 0 Å². The van der Waals surface area contributed by atoms with Crippen molar-refractivity contribution in [2.24, 2.45) is 0 Å². The van der Waals surface area contributed by atoms with Crippen molar-refractivity contribution in [3.8, 4) is 5.75 Å². The first-order valence-corrected chi connectivity index (χ1v) is 7.13. The molecule has 3 aromatic rings. The first-order valence-electron chi connectivity index (χ1n) is 6.75. The lowest BCUT2D eigenvalue weighted by molar-refractivity contribution is 0.333. The van der Waals surface area contributed by atoms with Crippen molar-refractivity contribution in [2.45, 2.75) is 0 Å². The van der Waals surface area contributed by atoms with Crippen LogP contribution in [0.3, 0.4) is 0 Å². The summed E-state index contributed by atoms with van der Waals surface area (Å²) in [5, 5.41) is 4.11. The monoisotopic (exact) mass is 317 g/mol. The van der Waals surface area contributed by atoms with Gasteiger partial charge in [0, 0.05) is 5.02 Å². The molecule has 0 radical (unpaired) electrons. The standard InChI is InChI=1S/C16H13ClFN3O/c17-11-4-6-12(7-5-11)22-9-8-19-16-15-13(18)2-1-3-14(15)20-10-21-16/h1-7,10H,8-9H2,(H,19,20,21). The van der Waals surface area contributed by atoms with Crippen LogP contribution in [0.5, 0.6) is 5.75 Å². The number of aromatic nitrogens is 2. The molecular formula is C16H13ClFN3O. The summed E-state index contributed by atoms with van der Waals surface area (Å²) in [7, 11) is 0. The second kappa shape index (κ2) is 6.58. The molecule has 0 aliphatic heterocycles. The van der Waals surface area contributed by atoms with Crippen molar-refractivity contribution in [2.75, 3.05) is 18.5 Å². The summed E-state index contributed by atoms with van der Waals surface area (Å²) < 4.78 is 19.5. The van der Waals surface area contributed by atoms with Crippen LogP contribution >= 0.6 is 11.6 Å². The topological polar surface area (TPSA) is 47.0 Å². The number of ether oxygens (including phenoxy) is 1. The van der Waals surface area contributed by atoms with Crippen molar-refractivity contribution < 1.29 is 9.13 Å². The van der Waals surface area contributed by atoms with Crippen LogP contribution in [0.4, 0.5) is 10.2 Å². The Morgan fingerprint density at radius 3 is 2.73 bits per heavy atom. The lowest BCUT2D eigenvalue weighted by Crippen LogP contribution is -2.13. The zero-order valence-corrected chi connectivity index (χ0v) is 12.3. The maximum Gasteiger partial charge on any atom is 0.140 e. The molecule has 0 unspecified atom stereocenters. The number of nitrogens with zero attached hydrogens (tertiary/aromatic N) is 2. The fourth-order valence-corrected chi connectivity index (χ4v) is 2.20. The fourth-order valence-electron chi connectivity index (χ4n) is 2.07. The Kier molecular flexibility index (Phi) is 4.34. The van der Waals surface area contributed by atoms with Crippen LogP contribution in [0.1, 0.15) is 0 Å². The number of halogens is 2. The number of nitrogens with one attached hydrogen (secondary N) is 1. The molecular weight excluding hydrogens is 305 g/mol. The minimum Gasteiger partial charge on any atom is -0.492 e. The van der Waals surface area contributed by atoms with Crippen LogP contribution in [0.2, 0.25) is 5.02 Å². The highest BCUT2D eigenvalue weighted by Crippen LogP contribution is 2.22. The third-order valence-corrected chi connectivity index (χ3v) is 3.34. The van der Waals surface area contributed by atoms with Gasteiger partial charge in [0.15, 0.2) is 0 Å². The Hall–Kier alpha value is -2.40. The molecule has 112 valence electrons. The van der Waals surface area contributed by atoms with Crippen LogP contribution in [0.25, 0.3) is 10.9 Å². The summed E-state index contributed by atoms with van der Waals surface area (Å²) in [6.07, 6.45) is 1.41. The van der Waals surface area contributed by atoms with Crippen LogP contribution in [0, 0.1) is 5.82 Å². The molecule has 4 nitrogen and oxygen atoms in total. The minimum atomic E-state index is -0.348. The van der Waals surface area contributed by atoms with Gasteiger partial charge in [-0.25, -0.2) is 14.4 Å². The zero-order valence-electron chi connectivity index (χ0n) is 11.6. The summed E-state index contributed by atoms with van der Waals surface area (Å²) in [6.45, 7) is 0.907. The van der Waals surface area contributed by atoms with Crippen molar-refractivity contribution in [3.63, 3.8) is 0 Å². The lowest BCUT2D eigenvalue weighted by Gasteiger charge is -2.10. The highest BCUT2D eigenvalue weighted by molar-refractivity contribution is 6.30. The van der Waals surface area contributed by atoms with E-state index in [2.05, 4.69) is 15.3 Å². The number of benzene rings is 2. The van der Waals surface area contributed by atoms with E-state index in [1.165, 1.54) is 12.4 Å². The molecule has 0 atom stereocenters. The predicted molar refractivity (Wildman–Crippen MR) is 84.9 cm³/mol. The molecule has 0 aliphatic carbocycles. The number of hydrogen-bond donors (Lipinski definition) is 1. The smallest absolute Gasteiger partial charge is 0.140 e. The molecule has 6 heteroatoms. The van der Waals surface area contributed by atoms with Gasteiger partial charge in [-0.2, -0.15) is 0 Å². The third-order valence-electron chi connectivity index (χ3n) is 3.09. The van der Waals surface area contributed by atoms with E-state index in [0.717, 1.165) is 5.75 Å². The van der Waals surface area contributed by atoms with Gasteiger partial charge in [0.05, 0.1) is 17.4 Å². The normalized spacial score (nSPS) is 10.6. The van der Waals surface area contributed by atoms with Crippen LogP contribution < -0.4 is 10.1 Å². The first kappa shape index (κ1) is 14.5. The van der Waals surface area contributed by atoms with Crippen molar-refractivity contribution >= 4 is 28.3 Å². The second-order valence-electron chi connectivity index (χ2n) is 4.59. The van der Waals surface area contributed by atoms with Crippen molar-refractivity contribution in [1.29, 1.82) is 0 Å². The van der Waals surface area contributed by atoms with Crippen LogP contribution in [0.15, 0.2) is 48.8 Å². The molecule has 0 bridgehead atoms. The number of rotatable bonds is 5. The quantitative estimate of drug-likeness (QED) is 0.725. The molecule has 0 fully saturated rings. The van der Waals surface area contributed by atoms with Gasteiger partial charge in [-0.3, -0.25) is 0 Å². The van der Waals surface area contributed by atoms with Gasteiger partial charge in [-0.05, 0) is 36.4 Å². The maximum atomic E-state index is 13.9. The average Bonchev–Trinajstić information content (AvgIpc) is 2.53. The molecule has 0 amide bonds. The van der Waals surface area contributed by atoms with E-state index in [1.807, 2.05) is 0 Å². The zero-order chi connectivity index (χ0) is 15.4. The Morgan fingerprint density at radius 1 is 1.09 bits per heavy atom. The molecule has 22 heavy (non-hydrogen) atoms. The number of fused-ring (bicyclic) bond motifs is 1. The van der Waals surface area contributed by atoms with Crippen molar-refractivity contribution in [1.82, 2.24) is 9.97 Å². The number of hydrogen-bond acceptors (Lipinski definition) is 4. The lowest BCUT2D eigenvalue weighted by atomic mass is 10.2. The Balaban J connectivity index is 1.63. The van der Waals surface area contributed by atoms with Gasteiger partial charge in [-0.1, -0.05) is 17.7 Å². The van der Waals surface area contributed by atoms with E-state index < -0.39 is 0 Å². The molecule has 1 aromatic heterocycles. The van der Waals surface area contributed by atoms with E-state index in [9.17, 15) is 4.39 Å². The van der Waals surface area contributed by atoms with Crippen LogP contribution in [-0.4, -0.2) is 23.1 Å². The SMILES string of the molecule is Fc1cccc2ncnc(NCCOc3ccc(Cl)cc3)c12. The van der Waals surface area contributed by atoms with Gasteiger partial charge in [0.1, 0.15) is 30.3 Å². The van der Waals surface area contributed by atoms with Gasteiger partial charge in [-0.15, -0.1) is 0 Å². The molecule has 0 spiro atoms. The largest absolute Gasteiger partial charge is 0.492 e. The number of anilines is 1. The molecule has 1 N–H and O–H groups in total. The second-order valence-corrected chi connectivity index (χ2v) is 5.02. The van der Waals surface area contributed by atoms with E-state index in [1.54, 1.807) is 36.4 Å². The molecule has 3 rings (SSSR count). The summed E-state index contributed by atoms with van der Waals surface area (Å²) in [5.74, 6) is 0.840. The van der Waals surface area contributed by atoms with Crippen molar-refractivity contribution in [3.05, 3.63) is 59.6 Å². The molecule has 0 aliphatic rings. The summed E-state index contributed by atoms with van der Waals surface area (Å²) >= 11 is 5.81. The molecule has 2 aromatic carbocycles. The van der Waals surface area contributed by atoms with Gasteiger partial charge < -0.3 is 10.1 Å². The Bertz CT molecular complexity index is 775. The van der Waals surface area contributed by atoms with E-state index in [-0.39, 0.29) is 5.82 Å².